The van der Waals surface area contributed by atoms with E-state index in [1.807, 2.05) is 0 Å². The van der Waals surface area contributed by atoms with Gasteiger partial charge in [-0.25, -0.2) is 0 Å². The zero-order valence-electron chi connectivity index (χ0n) is 16.7. The van der Waals surface area contributed by atoms with E-state index in [0.29, 0.717) is 6.08 Å². The van der Waals surface area contributed by atoms with Gasteiger partial charge < -0.3 is 34.2 Å². The summed E-state index contributed by atoms with van der Waals surface area (Å²) in [6.07, 6.45) is 1.25. The van der Waals surface area contributed by atoms with E-state index in [1.165, 1.54) is 0 Å². The molecule has 0 amide bonds. The quantitative estimate of drug-likeness (QED) is 0.153. The molecule has 0 aliphatic heterocycles. The molecule has 0 saturated heterocycles. The number of isocyanates is 1. The molecular formula is C14H33N4O2P4Pt2+. The van der Waals surface area contributed by atoms with Crippen LogP contribution in [0.2, 0.25) is 0 Å². The van der Waals surface area contributed by atoms with Crippen LogP contribution < -0.4 is 0 Å². The molecule has 0 bridgehead atoms. The first-order valence-electron chi connectivity index (χ1n) is 6.74. The summed E-state index contributed by atoms with van der Waals surface area (Å²) in [4.78, 5) is 8.24. The zero-order chi connectivity index (χ0) is 21.1. The molecule has 0 aromatic carbocycles. The maximum Gasteiger partial charge on any atom is 0.283 e. The number of hydrogen-bond donors (Lipinski definition) is 1. The first-order chi connectivity index (χ1) is 11.1. The standard InChI is InChI=1S/2C5H14P2.CHNO.CNO.2CN.2Pt/c2*1-6(2)5-7(3)4;2*2-1-3;2*1-2;;/h2*5H2,1-4H3;3H;;;;;/q;;;3*-1;;/p+4. The Kier molecular flexibility index (Phi) is 109. The molecular weight excluding hydrogens is 770 g/mol. The molecule has 0 aliphatic rings. The van der Waals surface area contributed by atoms with Gasteiger partial charge in [-0.3, -0.25) is 4.79 Å². The summed E-state index contributed by atoms with van der Waals surface area (Å²) in [5.41, 5.74) is 0. The average molecular weight is 803 g/mol. The van der Waals surface area contributed by atoms with Gasteiger partial charge in [0.05, 0.1) is 0 Å². The van der Waals surface area contributed by atoms with Gasteiger partial charge in [0, 0.05) is 127 Å². The van der Waals surface area contributed by atoms with Gasteiger partial charge in [-0.15, -0.1) is 0 Å². The minimum Gasteiger partial charge on any atom is -0.724 e. The van der Waals surface area contributed by atoms with Crippen LogP contribution in [0.5, 0.6) is 0 Å². The van der Waals surface area contributed by atoms with Crippen LogP contribution in [0.3, 0.4) is 0 Å². The number of aliphatic hydroxyl groups is 1. The van der Waals surface area contributed by atoms with Gasteiger partial charge in [-0.2, -0.15) is 5.26 Å². The van der Waals surface area contributed by atoms with E-state index >= 15 is 0 Å². The number of aliphatic hydroxyl groups excluding tert-OH is 1. The smallest absolute Gasteiger partial charge is 0.283 e. The van der Waals surface area contributed by atoms with E-state index in [4.69, 9.17) is 44.2 Å². The van der Waals surface area contributed by atoms with Crippen LogP contribution in [0.25, 0.3) is 5.41 Å². The van der Waals surface area contributed by atoms with Crippen molar-refractivity contribution in [1.82, 2.24) is 0 Å². The molecule has 0 aromatic heterocycles. The molecule has 0 saturated carbocycles. The van der Waals surface area contributed by atoms with E-state index in [9.17, 15) is 0 Å². The van der Waals surface area contributed by atoms with Crippen molar-refractivity contribution < 1.29 is 52.0 Å². The van der Waals surface area contributed by atoms with Gasteiger partial charge in [0.1, 0.15) is 0 Å². The number of nitriles is 1. The normalized spacial score (nSPS) is 6.73. The van der Waals surface area contributed by atoms with Crippen LogP contribution in [-0.4, -0.2) is 76.3 Å². The van der Waals surface area contributed by atoms with Crippen molar-refractivity contribution in [2.24, 2.45) is 0 Å². The monoisotopic (exact) mass is 803 g/mol. The van der Waals surface area contributed by atoms with Gasteiger partial charge in [-0.1, -0.05) is 0 Å². The summed E-state index contributed by atoms with van der Waals surface area (Å²) in [7, 11) is 0.444. The number of carbonyl (C=O) groups excluding carboxylic acids is 1. The molecule has 1 N–H and O–H groups in total. The average Bonchev–Trinajstić information content (AvgIpc) is 2.42. The van der Waals surface area contributed by atoms with Crippen LogP contribution >= 0.6 is 31.7 Å². The molecule has 0 atom stereocenters. The van der Waals surface area contributed by atoms with Gasteiger partial charge in [0.2, 0.25) is 0 Å². The summed E-state index contributed by atoms with van der Waals surface area (Å²) in [6, 6.07) is 0. The summed E-state index contributed by atoms with van der Waals surface area (Å²) >= 11 is 0. The fourth-order valence-corrected chi connectivity index (χ4v) is 12.7. The van der Waals surface area contributed by atoms with E-state index in [1.54, 1.807) is 11.8 Å². The maximum atomic E-state index is 8.24. The van der Waals surface area contributed by atoms with E-state index in [0.717, 1.165) is 6.26 Å². The Morgan fingerprint density at radius 2 is 0.846 bits per heavy atom. The van der Waals surface area contributed by atoms with Crippen molar-refractivity contribution in [2.45, 2.75) is 0 Å². The molecule has 0 rings (SSSR count). The predicted molar refractivity (Wildman–Crippen MR) is 117 cm³/mol. The van der Waals surface area contributed by atoms with Gasteiger partial charge in [0.25, 0.3) is 6.26 Å². The summed E-state index contributed by atoms with van der Waals surface area (Å²) in [5.74, 6) is 3.13. The van der Waals surface area contributed by atoms with Gasteiger partial charge in [-0.05, 0) is 6.08 Å². The van der Waals surface area contributed by atoms with Crippen molar-refractivity contribution in [2.75, 3.05) is 65.1 Å². The second-order valence-corrected chi connectivity index (χ2v) is 17.9. The minimum atomic E-state index is 0. The molecule has 160 valence electrons. The van der Waals surface area contributed by atoms with Crippen LogP contribution in [-0.2, 0) is 46.9 Å². The molecule has 0 radical (unpaired) electrons. The minimum absolute atomic E-state index is 0. The van der Waals surface area contributed by atoms with Crippen molar-refractivity contribution in [1.29, 1.82) is 15.8 Å². The van der Waals surface area contributed by atoms with Crippen molar-refractivity contribution in [3.63, 3.8) is 0 Å². The predicted octanol–water partition coefficient (Wildman–Crippen LogP) is 3.70. The Labute approximate surface area is 194 Å². The Morgan fingerprint density at radius 3 is 0.846 bits per heavy atom. The van der Waals surface area contributed by atoms with Crippen LogP contribution in [0, 0.1) is 35.2 Å². The molecule has 12 heteroatoms. The Bertz CT molecular complexity index is 300. The third-order valence-corrected chi connectivity index (χ3v) is 12.7. The second kappa shape index (κ2) is 56.2. The Hall–Kier alpha value is 0.747. The third-order valence-electron chi connectivity index (χ3n) is 1.41. The van der Waals surface area contributed by atoms with Crippen LogP contribution in [0.15, 0.2) is 0 Å². The number of rotatable bonds is 4. The molecule has 6 nitrogen and oxygen atoms in total. The fraction of sp³-hybridized carbons (Fsp3) is 0.714. The van der Waals surface area contributed by atoms with Crippen LogP contribution in [0.1, 0.15) is 0 Å². The molecule has 0 aliphatic carbocycles. The van der Waals surface area contributed by atoms with E-state index < -0.39 is 0 Å². The summed E-state index contributed by atoms with van der Waals surface area (Å²) in [6.45, 7) is 28.6. The molecule has 26 heavy (non-hydrogen) atoms. The first kappa shape index (κ1) is 50.5. The zero-order valence-corrected chi connectivity index (χ0v) is 25.2. The SMILES string of the molecule is C[PH+](C)C[PH+](C)C.C[PH+](C)C[PH+](C)C.N#CO.[C-]#N.[C-]#N.[N-]=C=O.[Pt].[Pt]. The van der Waals surface area contributed by atoms with Crippen LogP contribution in [0.4, 0.5) is 0 Å². The summed E-state index contributed by atoms with van der Waals surface area (Å²) < 4.78 is 0. The molecule has 0 heterocycles. The van der Waals surface area contributed by atoms with E-state index in [2.05, 4.69) is 53.3 Å². The maximum absolute atomic E-state index is 8.24. The van der Waals surface area contributed by atoms with Gasteiger partial charge >= 0.3 is 0 Å². The third kappa shape index (κ3) is 182. The summed E-state index contributed by atoms with van der Waals surface area (Å²) in [5, 5.41) is 33.0. The largest absolute Gasteiger partial charge is 0.724 e. The second-order valence-electron chi connectivity index (χ2n) is 5.37. The Morgan fingerprint density at radius 1 is 0.769 bits per heavy atom. The van der Waals surface area contributed by atoms with Crippen molar-refractivity contribution in [3.8, 4) is 6.26 Å². The molecule has 0 unspecified atom stereocenters. The molecule has 0 fully saturated rings. The first-order valence-corrected chi connectivity index (χ1v) is 17.6. The number of hydrogen-bond acceptors (Lipinski definition) is 5. The topological polar surface area (TPSA) is 131 Å². The Balaban J connectivity index is -0.0000000267. The fourth-order valence-electron chi connectivity index (χ4n) is 1.41. The van der Waals surface area contributed by atoms with Crippen molar-refractivity contribution >= 4 is 37.8 Å². The van der Waals surface area contributed by atoms with Crippen molar-refractivity contribution in [3.05, 3.63) is 18.6 Å². The molecule has 0 spiro atoms. The van der Waals surface area contributed by atoms with E-state index in [-0.39, 0.29) is 73.8 Å². The van der Waals surface area contributed by atoms with Gasteiger partial charge in [0.15, 0.2) is 11.8 Å². The number of nitrogens with zero attached hydrogens (tertiary/aromatic N) is 4. The molecule has 0 aromatic rings.